The molecule has 114 valence electrons. The van der Waals surface area contributed by atoms with Gasteiger partial charge in [-0.2, -0.15) is 0 Å². The molecule has 0 saturated heterocycles. The average Bonchev–Trinajstić information content (AvgIpc) is 2.50. The Morgan fingerprint density at radius 1 is 1.00 bits per heavy atom. The van der Waals surface area contributed by atoms with Crippen LogP contribution in [0.25, 0.3) is 0 Å². The fourth-order valence-electron chi connectivity index (χ4n) is 2.98. The number of ether oxygens (including phenoxy) is 1. The normalized spacial score (nSPS) is 13.5. The van der Waals surface area contributed by atoms with E-state index in [-0.39, 0.29) is 10.6 Å². The Balaban J connectivity index is 1.90. The van der Waals surface area contributed by atoms with Gasteiger partial charge in [-0.15, -0.1) is 0 Å². The molecular weight excluding hydrogens is 278 g/mol. The van der Waals surface area contributed by atoms with Crippen LogP contribution in [-0.4, -0.2) is 4.92 Å². The first kappa shape index (κ1) is 14.6. The van der Waals surface area contributed by atoms with Gasteiger partial charge in [-0.05, 0) is 74.4 Å². The number of nitrogens with zero attached hydrogens (tertiary/aromatic N) is 1. The molecule has 4 heteroatoms. The van der Waals surface area contributed by atoms with E-state index in [2.05, 4.69) is 12.1 Å². The second-order valence-electron chi connectivity index (χ2n) is 5.90. The number of fused-ring (bicyclic) bond motifs is 1. The molecule has 0 spiro atoms. The van der Waals surface area contributed by atoms with E-state index in [4.69, 9.17) is 4.74 Å². The number of nitro groups is 1. The molecule has 3 rings (SSSR count). The van der Waals surface area contributed by atoms with Gasteiger partial charge in [0.1, 0.15) is 11.5 Å². The van der Waals surface area contributed by atoms with Gasteiger partial charge in [-0.3, -0.25) is 10.1 Å². The van der Waals surface area contributed by atoms with E-state index in [1.807, 2.05) is 13.0 Å². The Kier molecular flexibility index (Phi) is 3.84. The van der Waals surface area contributed by atoms with E-state index < -0.39 is 0 Å². The fraction of sp³-hybridized carbons (Fsp3) is 0.333. The number of hydrogen-bond donors (Lipinski definition) is 0. The van der Waals surface area contributed by atoms with Crippen molar-refractivity contribution in [2.45, 2.75) is 39.5 Å². The molecule has 1 aliphatic rings. The van der Waals surface area contributed by atoms with Crippen molar-refractivity contribution >= 4 is 5.69 Å². The highest BCUT2D eigenvalue weighted by molar-refractivity contribution is 5.51. The van der Waals surface area contributed by atoms with Gasteiger partial charge in [0.2, 0.25) is 0 Å². The van der Waals surface area contributed by atoms with Crippen LogP contribution in [0.5, 0.6) is 11.5 Å². The molecule has 0 radical (unpaired) electrons. The van der Waals surface area contributed by atoms with Crippen molar-refractivity contribution in [3.05, 3.63) is 62.7 Å². The molecule has 0 N–H and O–H groups in total. The van der Waals surface area contributed by atoms with Crippen LogP contribution < -0.4 is 4.74 Å². The van der Waals surface area contributed by atoms with E-state index in [0.717, 1.165) is 24.2 Å². The molecule has 0 aliphatic heterocycles. The van der Waals surface area contributed by atoms with Crippen molar-refractivity contribution in [2.75, 3.05) is 0 Å². The summed E-state index contributed by atoms with van der Waals surface area (Å²) in [5.41, 5.74) is 4.30. The topological polar surface area (TPSA) is 52.4 Å². The van der Waals surface area contributed by atoms with Gasteiger partial charge >= 0.3 is 0 Å². The van der Waals surface area contributed by atoms with E-state index >= 15 is 0 Å². The van der Waals surface area contributed by atoms with Crippen LogP contribution in [-0.2, 0) is 12.8 Å². The third kappa shape index (κ3) is 2.82. The largest absolute Gasteiger partial charge is 0.457 e. The molecule has 0 bridgehead atoms. The van der Waals surface area contributed by atoms with E-state index in [0.29, 0.717) is 11.3 Å². The summed E-state index contributed by atoms with van der Waals surface area (Å²) in [7, 11) is 0. The lowest BCUT2D eigenvalue weighted by Crippen LogP contribution is -2.02. The van der Waals surface area contributed by atoms with Crippen LogP contribution in [0, 0.1) is 24.0 Å². The molecule has 1 aliphatic carbocycles. The van der Waals surface area contributed by atoms with Crippen molar-refractivity contribution in [3.8, 4) is 11.5 Å². The number of nitro benzene ring substituents is 1. The minimum Gasteiger partial charge on any atom is -0.457 e. The van der Waals surface area contributed by atoms with Crippen LogP contribution in [0.3, 0.4) is 0 Å². The van der Waals surface area contributed by atoms with Crippen molar-refractivity contribution in [2.24, 2.45) is 0 Å². The minimum absolute atomic E-state index is 0.135. The molecular formula is C18H19NO3. The summed E-state index contributed by atoms with van der Waals surface area (Å²) in [5.74, 6) is 1.48. The summed E-state index contributed by atoms with van der Waals surface area (Å²) in [4.78, 5) is 10.6. The van der Waals surface area contributed by atoms with Crippen molar-refractivity contribution in [1.29, 1.82) is 0 Å². The summed E-state index contributed by atoms with van der Waals surface area (Å²) in [5, 5.41) is 11.0. The quantitative estimate of drug-likeness (QED) is 0.599. The van der Waals surface area contributed by atoms with E-state index in [1.54, 1.807) is 19.1 Å². The Morgan fingerprint density at radius 2 is 1.73 bits per heavy atom. The zero-order valence-corrected chi connectivity index (χ0v) is 12.9. The van der Waals surface area contributed by atoms with E-state index in [1.165, 1.54) is 24.0 Å². The monoisotopic (exact) mass is 297 g/mol. The van der Waals surface area contributed by atoms with Crippen molar-refractivity contribution < 1.29 is 9.66 Å². The van der Waals surface area contributed by atoms with Crippen LogP contribution in [0.4, 0.5) is 5.69 Å². The molecule has 0 unspecified atom stereocenters. The lowest BCUT2D eigenvalue weighted by Gasteiger charge is -2.17. The van der Waals surface area contributed by atoms with Crippen LogP contribution >= 0.6 is 0 Å². The third-order valence-electron chi connectivity index (χ3n) is 4.24. The second kappa shape index (κ2) is 5.79. The SMILES string of the molecule is Cc1cc([N+](=O)[O-])c(C)cc1Oc1ccc2c(c1)CCCC2. The highest BCUT2D eigenvalue weighted by Gasteiger charge is 2.15. The standard InChI is InChI=1S/C18H19NO3/c1-12-10-18(13(2)9-17(12)19(20)21)22-16-8-7-14-5-3-4-6-15(14)11-16/h7-11H,3-6H2,1-2H3. The maximum absolute atomic E-state index is 11.0. The first-order valence-corrected chi connectivity index (χ1v) is 7.60. The van der Waals surface area contributed by atoms with Crippen LogP contribution in [0.15, 0.2) is 30.3 Å². The summed E-state index contributed by atoms with van der Waals surface area (Å²) in [6, 6.07) is 9.54. The summed E-state index contributed by atoms with van der Waals surface area (Å²) in [6.07, 6.45) is 4.73. The Morgan fingerprint density at radius 3 is 2.45 bits per heavy atom. The maximum Gasteiger partial charge on any atom is 0.272 e. The van der Waals surface area contributed by atoms with Crippen molar-refractivity contribution in [1.82, 2.24) is 0 Å². The highest BCUT2D eigenvalue weighted by atomic mass is 16.6. The first-order chi connectivity index (χ1) is 10.5. The van der Waals surface area contributed by atoms with Crippen molar-refractivity contribution in [3.63, 3.8) is 0 Å². The van der Waals surface area contributed by atoms with Gasteiger partial charge < -0.3 is 4.74 Å². The average molecular weight is 297 g/mol. The van der Waals surface area contributed by atoms with Gasteiger partial charge in [0, 0.05) is 11.6 Å². The van der Waals surface area contributed by atoms with Gasteiger partial charge in [-0.25, -0.2) is 0 Å². The maximum atomic E-state index is 11.0. The number of rotatable bonds is 3. The molecule has 0 fully saturated rings. The minimum atomic E-state index is -0.356. The first-order valence-electron chi connectivity index (χ1n) is 7.60. The summed E-state index contributed by atoms with van der Waals surface area (Å²) >= 11 is 0. The Labute approximate surface area is 129 Å². The molecule has 2 aromatic rings. The van der Waals surface area contributed by atoms with E-state index in [9.17, 15) is 10.1 Å². The summed E-state index contributed by atoms with van der Waals surface area (Å²) in [6.45, 7) is 3.57. The molecule has 22 heavy (non-hydrogen) atoms. The molecule has 0 amide bonds. The molecule has 0 saturated carbocycles. The zero-order chi connectivity index (χ0) is 15.7. The van der Waals surface area contributed by atoms with Crippen LogP contribution in [0.1, 0.15) is 35.1 Å². The fourth-order valence-corrected chi connectivity index (χ4v) is 2.98. The lowest BCUT2D eigenvalue weighted by atomic mass is 9.92. The Hall–Kier alpha value is -2.36. The highest BCUT2D eigenvalue weighted by Crippen LogP contribution is 2.33. The second-order valence-corrected chi connectivity index (χ2v) is 5.90. The Bertz CT molecular complexity index is 737. The molecule has 0 aromatic heterocycles. The van der Waals surface area contributed by atoms with Gasteiger partial charge in [-0.1, -0.05) is 6.07 Å². The van der Waals surface area contributed by atoms with Gasteiger partial charge in [0.15, 0.2) is 0 Å². The summed E-state index contributed by atoms with van der Waals surface area (Å²) < 4.78 is 5.97. The van der Waals surface area contributed by atoms with Crippen LogP contribution in [0.2, 0.25) is 0 Å². The smallest absolute Gasteiger partial charge is 0.272 e. The molecule has 0 atom stereocenters. The third-order valence-corrected chi connectivity index (χ3v) is 4.24. The molecule has 4 nitrogen and oxygen atoms in total. The number of hydrogen-bond acceptors (Lipinski definition) is 3. The molecule has 2 aromatic carbocycles. The predicted molar refractivity (Wildman–Crippen MR) is 85.7 cm³/mol. The molecule has 0 heterocycles. The predicted octanol–water partition coefficient (Wildman–Crippen LogP) is 4.88. The lowest BCUT2D eigenvalue weighted by molar-refractivity contribution is -0.385. The number of benzene rings is 2. The van der Waals surface area contributed by atoms with Gasteiger partial charge in [0.05, 0.1) is 4.92 Å². The number of aryl methyl sites for hydroxylation is 4. The van der Waals surface area contributed by atoms with Gasteiger partial charge in [0.25, 0.3) is 5.69 Å². The zero-order valence-electron chi connectivity index (χ0n) is 12.9.